The second kappa shape index (κ2) is 5.87. The van der Waals surface area contributed by atoms with Crippen LogP contribution >= 0.6 is 0 Å². The Balaban J connectivity index is 2.05. The Labute approximate surface area is 112 Å². The van der Waals surface area contributed by atoms with Gasteiger partial charge in [-0.25, -0.2) is 0 Å². The van der Waals surface area contributed by atoms with Crippen molar-refractivity contribution in [3.63, 3.8) is 0 Å². The van der Waals surface area contributed by atoms with E-state index in [2.05, 4.69) is 5.32 Å². The lowest BCUT2D eigenvalue weighted by Gasteiger charge is -2.20. The normalized spacial score (nSPS) is 17.5. The molecule has 1 aromatic rings. The first-order valence-corrected chi connectivity index (χ1v) is 6.65. The molecule has 1 aliphatic carbocycles. The Kier molecular flexibility index (Phi) is 4.20. The van der Waals surface area contributed by atoms with E-state index in [-0.39, 0.29) is 18.2 Å². The van der Waals surface area contributed by atoms with Gasteiger partial charge in [-0.1, -0.05) is 37.3 Å². The highest BCUT2D eigenvalue weighted by Crippen LogP contribution is 2.37. The molecule has 0 bridgehead atoms. The predicted octanol–water partition coefficient (Wildman–Crippen LogP) is 2.36. The van der Waals surface area contributed by atoms with Crippen LogP contribution in [0.25, 0.3) is 0 Å². The minimum Gasteiger partial charge on any atom is -0.481 e. The van der Waals surface area contributed by atoms with Crippen molar-refractivity contribution < 1.29 is 14.7 Å². The molecule has 2 rings (SSSR count). The number of amides is 1. The van der Waals surface area contributed by atoms with Crippen LogP contribution in [0.2, 0.25) is 0 Å². The summed E-state index contributed by atoms with van der Waals surface area (Å²) >= 11 is 0. The second-order valence-electron chi connectivity index (χ2n) is 5.20. The third-order valence-electron chi connectivity index (χ3n) is 3.64. The Morgan fingerprint density at radius 1 is 1.32 bits per heavy atom. The number of hydrogen-bond donors (Lipinski definition) is 2. The molecule has 0 aromatic heterocycles. The summed E-state index contributed by atoms with van der Waals surface area (Å²) in [5.74, 6) is -0.507. The van der Waals surface area contributed by atoms with Crippen molar-refractivity contribution in [2.45, 2.75) is 32.2 Å². The number of rotatable bonds is 6. The molecule has 1 aliphatic rings. The Hall–Kier alpha value is -1.84. The number of benzene rings is 1. The summed E-state index contributed by atoms with van der Waals surface area (Å²) in [5, 5.41) is 11.8. The van der Waals surface area contributed by atoms with E-state index in [1.54, 1.807) is 0 Å². The van der Waals surface area contributed by atoms with Crippen LogP contribution in [0.3, 0.4) is 0 Å². The fraction of sp³-hybridized carbons (Fsp3) is 0.467. The van der Waals surface area contributed by atoms with Crippen molar-refractivity contribution in [1.82, 2.24) is 5.32 Å². The molecular weight excluding hydrogens is 242 g/mol. The maximum Gasteiger partial charge on any atom is 0.305 e. The van der Waals surface area contributed by atoms with Crippen molar-refractivity contribution in [2.75, 3.05) is 0 Å². The maximum atomic E-state index is 12.1. The third kappa shape index (κ3) is 3.81. The van der Waals surface area contributed by atoms with Crippen LogP contribution in [0.5, 0.6) is 0 Å². The number of carbonyl (C=O) groups is 2. The van der Waals surface area contributed by atoms with Gasteiger partial charge < -0.3 is 10.4 Å². The van der Waals surface area contributed by atoms with Gasteiger partial charge in [0.2, 0.25) is 5.91 Å². The van der Waals surface area contributed by atoms with Crippen LogP contribution in [0.15, 0.2) is 30.3 Å². The molecule has 2 atom stereocenters. The van der Waals surface area contributed by atoms with E-state index in [0.717, 1.165) is 18.4 Å². The van der Waals surface area contributed by atoms with Gasteiger partial charge in [-0.2, -0.15) is 0 Å². The molecule has 102 valence electrons. The van der Waals surface area contributed by atoms with Gasteiger partial charge in [0, 0.05) is 5.92 Å². The van der Waals surface area contributed by atoms with E-state index in [4.69, 9.17) is 5.11 Å². The number of carbonyl (C=O) groups excluding carboxylic acids is 1. The van der Waals surface area contributed by atoms with Crippen LogP contribution < -0.4 is 5.32 Å². The van der Waals surface area contributed by atoms with Crippen molar-refractivity contribution in [1.29, 1.82) is 0 Å². The van der Waals surface area contributed by atoms with Crippen LogP contribution in [-0.4, -0.2) is 17.0 Å². The monoisotopic (exact) mass is 261 g/mol. The zero-order chi connectivity index (χ0) is 13.8. The third-order valence-corrected chi connectivity index (χ3v) is 3.64. The highest BCUT2D eigenvalue weighted by Gasteiger charge is 2.33. The average Bonchev–Trinajstić information content (AvgIpc) is 3.22. The molecule has 0 saturated heterocycles. The lowest BCUT2D eigenvalue weighted by atomic mass is 10.0. The lowest BCUT2D eigenvalue weighted by Crippen LogP contribution is -2.34. The van der Waals surface area contributed by atoms with Crippen molar-refractivity contribution in [2.24, 2.45) is 11.8 Å². The van der Waals surface area contributed by atoms with Gasteiger partial charge in [0.25, 0.3) is 0 Å². The number of nitrogens with one attached hydrogen (secondary N) is 1. The Morgan fingerprint density at radius 2 is 1.95 bits per heavy atom. The Morgan fingerprint density at radius 3 is 2.47 bits per heavy atom. The molecule has 1 aromatic carbocycles. The van der Waals surface area contributed by atoms with Gasteiger partial charge in [0.15, 0.2) is 0 Å². The van der Waals surface area contributed by atoms with Crippen LogP contribution in [-0.2, 0) is 9.59 Å². The highest BCUT2D eigenvalue weighted by molar-refractivity contribution is 5.80. The first-order chi connectivity index (χ1) is 9.08. The Bertz CT molecular complexity index is 454. The topological polar surface area (TPSA) is 66.4 Å². The van der Waals surface area contributed by atoms with Crippen LogP contribution in [0.1, 0.15) is 37.8 Å². The van der Waals surface area contributed by atoms with Crippen molar-refractivity contribution >= 4 is 11.9 Å². The van der Waals surface area contributed by atoms with E-state index >= 15 is 0 Å². The summed E-state index contributed by atoms with van der Waals surface area (Å²) in [4.78, 5) is 23.0. The van der Waals surface area contributed by atoms with E-state index in [1.807, 2.05) is 37.3 Å². The van der Waals surface area contributed by atoms with Gasteiger partial charge in [0.05, 0.1) is 12.5 Å². The lowest BCUT2D eigenvalue weighted by molar-refractivity contribution is -0.138. The number of hydrogen-bond acceptors (Lipinski definition) is 2. The SMILES string of the molecule is CC(C(=O)NC(CC(=O)O)c1ccccc1)C1CC1. The van der Waals surface area contributed by atoms with Crippen LogP contribution in [0.4, 0.5) is 0 Å². The minimum absolute atomic E-state index is 0.0278. The quantitative estimate of drug-likeness (QED) is 0.826. The number of carboxylic acid groups (broad SMARTS) is 1. The van der Waals surface area contributed by atoms with E-state index in [1.165, 1.54) is 0 Å². The van der Waals surface area contributed by atoms with Gasteiger partial charge in [0.1, 0.15) is 0 Å². The molecule has 19 heavy (non-hydrogen) atoms. The summed E-state index contributed by atoms with van der Waals surface area (Å²) < 4.78 is 0. The molecular formula is C15H19NO3. The molecule has 1 amide bonds. The highest BCUT2D eigenvalue weighted by atomic mass is 16.4. The van der Waals surface area contributed by atoms with E-state index in [0.29, 0.717) is 5.92 Å². The first kappa shape index (κ1) is 13.6. The minimum atomic E-state index is -0.909. The zero-order valence-electron chi connectivity index (χ0n) is 11.0. The molecule has 2 N–H and O–H groups in total. The zero-order valence-corrected chi connectivity index (χ0v) is 11.0. The first-order valence-electron chi connectivity index (χ1n) is 6.65. The smallest absolute Gasteiger partial charge is 0.305 e. The van der Waals surface area contributed by atoms with E-state index in [9.17, 15) is 9.59 Å². The second-order valence-corrected chi connectivity index (χ2v) is 5.20. The number of aliphatic carboxylic acids is 1. The summed E-state index contributed by atoms with van der Waals surface area (Å²) in [6, 6.07) is 8.80. The maximum absolute atomic E-state index is 12.1. The largest absolute Gasteiger partial charge is 0.481 e. The number of carboxylic acids is 1. The summed E-state index contributed by atoms with van der Waals surface area (Å²) in [6.45, 7) is 1.91. The molecule has 0 aliphatic heterocycles. The van der Waals surface area contributed by atoms with Crippen LogP contribution in [0, 0.1) is 11.8 Å². The predicted molar refractivity (Wildman–Crippen MR) is 71.5 cm³/mol. The molecule has 4 nitrogen and oxygen atoms in total. The van der Waals surface area contributed by atoms with Gasteiger partial charge in [-0.15, -0.1) is 0 Å². The molecule has 0 radical (unpaired) electrons. The van der Waals surface area contributed by atoms with Gasteiger partial charge in [-0.3, -0.25) is 9.59 Å². The van der Waals surface area contributed by atoms with Gasteiger partial charge >= 0.3 is 5.97 Å². The average molecular weight is 261 g/mol. The van der Waals surface area contributed by atoms with Crippen molar-refractivity contribution in [3.05, 3.63) is 35.9 Å². The standard InChI is InChI=1S/C15H19NO3/c1-10(11-7-8-11)15(19)16-13(9-14(17)18)12-5-3-2-4-6-12/h2-6,10-11,13H,7-9H2,1H3,(H,16,19)(H,17,18). The fourth-order valence-electron chi connectivity index (χ4n) is 2.23. The molecule has 2 unspecified atom stereocenters. The molecule has 4 heteroatoms. The van der Waals surface area contributed by atoms with E-state index < -0.39 is 12.0 Å². The molecule has 0 heterocycles. The summed E-state index contributed by atoms with van der Waals surface area (Å²) in [7, 11) is 0. The summed E-state index contributed by atoms with van der Waals surface area (Å²) in [6.07, 6.45) is 2.11. The fourth-order valence-corrected chi connectivity index (χ4v) is 2.23. The van der Waals surface area contributed by atoms with Gasteiger partial charge in [-0.05, 0) is 24.3 Å². The molecule has 1 saturated carbocycles. The molecule has 1 fully saturated rings. The summed E-state index contributed by atoms with van der Waals surface area (Å²) in [5.41, 5.74) is 0.834. The van der Waals surface area contributed by atoms with Crippen molar-refractivity contribution in [3.8, 4) is 0 Å². The molecule has 0 spiro atoms.